The third-order valence-electron chi connectivity index (χ3n) is 3.05. The van der Waals surface area contributed by atoms with Gasteiger partial charge in [0.25, 0.3) is 5.91 Å². The van der Waals surface area contributed by atoms with Crippen LogP contribution >= 0.6 is 15.9 Å². The topological polar surface area (TPSA) is 51.2 Å². The third-order valence-corrected chi connectivity index (χ3v) is 3.71. The van der Waals surface area contributed by atoms with Crippen LogP contribution in [0.3, 0.4) is 0 Å². The molecule has 0 fully saturated rings. The number of ether oxygens (including phenoxy) is 1. The zero-order chi connectivity index (χ0) is 15.2. The molecule has 1 N–H and O–H groups in total. The lowest BCUT2D eigenvalue weighted by molar-refractivity contribution is -0.127. The molecule has 0 bridgehead atoms. The van der Waals surface area contributed by atoms with Crippen molar-refractivity contribution in [3.05, 3.63) is 58.8 Å². The molecule has 1 aromatic heterocycles. The van der Waals surface area contributed by atoms with Crippen LogP contribution in [-0.4, -0.2) is 17.0 Å². The van der Waals surface area contributed by atoms with Gasteiger partial charge in [-0.25, -0.2) is 0 Å². The van der Waals surface area contributed by atoms with Crippen molar-refractivity contribution in [1.29, 1.82) is 0 Å². The Morgan fingerprint density at radius 2 is 2.00 bits per heavy atom. The van der Waals surface area contributed by atoms with Gasteiger partial charge in [-0.15, -0.1) is 0 Å². The van der Waals surface area contributed by atoms with E-state index in [1.54, 1.807) is 19.3 Å². The second kappa shape index (κ2) is 7.22. The Morgan fingerprint density at radius 3 is 2.67 bits per heavy atom. The van der Waals surface area contributed by atoms with Crippen LogP contribution in [0, 0.1) is 0 Å². The standard InChI is InChI=1S/C16H17BrN2O2/c1-11(13-6-5-9-18-10-13)19-16(20)12(2)21-15-8-4-3-7-14(15)17/h3-12H,1-2H3,(H,19,20)/t11-,12+/m1/s1. The van der Waals surface area contributed by atoms with Gasteiger partial charge >= 0.3 is 0 Å². The van der Waals surface area contributed by atoms with E-state index in [9.17, 15) is 4.79 Å². The number of amides is 1. The summed E-state index contributed by atoms with van der Waals surface area (Å²) >= 11 is 3.40. The predicted octanol–water partition coefficient (Wildman–Crippen LogP) is 3.49. The lowest BCUT2D eigenvalue weighted by Gasteiger charge is -2.19. The van der Waals surface area contributed by atoms with Crippen molar-refractivity contribution >= 4 is 21.8 Å². The summed E-state index contributed by atoms with van der Waals surface area (Å²) in [6.07, 6.45) is 2.86. The Morgan fingerprint density at radius 1 is 1.24 bits per heavy atom. The molecule has 1 amide bonds. The van der Waals surface area contributed by atoms with Gasteiger partial charge < -0.3 is 10.1 Å². The van der Waals surface area contributed by atoms with E-state index in [0.717, 1.165) is 10.0 Å². The number of hydrogen-bond donors (Lipinski definition) is 1. The second-order valence-corrected chi connectivity index (χ2v) is 5.56. The molecule has 1 aromatic carbocycles. The zero-order valence-corrected chi connectivity index (χ0v) is 13.5. The molecule has 0 saturated carbocycles. The number of rotatable bonds is 5. The Kier molecular flexibility index (Phi) is 5.33. The largest absolute Gasteiger partial charge is 0.480 e. The van der Waals surface area contributed by atoms with Gasteiger partial charge in [0.1, 0.15) is 5.75 Å². The first-order valence-corrected chi connectivity index (χ1v) is 7.48. The van der Waals surface area contributed by atoms with E-state index in [1.165, 1.54) is 0 Å². The maximum Gasteiger partial charge on any atom is 0.261 e. The van der Waals surface area contributed by atoms with Gasteiger partial charge in [0, 0.05) is 12.4 Å². The second-order valence-electron chi connectivity index (χ2n) is 4.71. The highest BCUT2D eigenvalue weighted by Gasteiger charge is 2.18. The Labute approximate surface area is 132 Å². The summed E-state index contributed by atoms with van der Waals surface area (Å²) in [4.78, 5) is 16.2. The van der Waals surface area contributed by atoms with Crippen LogP contribution in [0.4, 0.5) is 0 Å². The number of para-hydroxylation sites is 1. The molecule has 0 saturated heterocycles. The number of carbonyl (C=O) groups is 1. The van der Waals surface area contributed by atoms with Gasteiger partial charge in [0.15, 0.2) is 6.10 Å². The summed E-state index contributed by atoms with van der Waals surface area (Å²) < 4.78 is 6.49. The van der Waals surface area contributed by atoms with E-state index < -0.39 is 6.10 Å². The summed E-state index contributed by atoms with van der Waals surface area (Å²) in [5, 5.41) is 2.92. The average Bonchev–Trinajstić information content (AvgIpc) is 2.50. The van der Waals surface area contributed by atoms with Crippen LogP contribution in [0.2, 0.25) is 0 Å². The first kappa shape index (κ1) is 15.5. The molecule has 1 heterocycles. The molecule has 0 aliphatic rings. The summed E-state index contributed by atoms with van der Waals surface area (Å²) in [5.74, 6) is 0.483. The molecule has 0 radical (unpaired) electrons. The first-order valence-electron chi connectivity index (χ1n) is 6.69. The highest BCUT2D eigenvalue weighted by Crippen LogP contribution is 2.25. The maximum atomic E-state index is 12.2. The van der Waals surface area contributed by atoms with Crippen molar-refractivity contribution in [1.82, 2.24) is 10.3 Å². The number of halogens is 1. The lowest BCUT2D eigenvalue weighted by atomic mass is 10.1. The predicted molar refractivity (Wildman–Crippen MR) is 85.0 cm³/mol. The fourth-order valence-electron chi connectivity index (χ4n) is 1.83. The summed E-state index contributed by atoms with van der Waals surface area (Å²) in [7, 11) is 0. The smallest absolute Gasteiger partial charge is 0.261 e. The molecular formula is C16H17BrN2O2. The molecule has 0 spiro atoms. The Balaban J connectivity index is 1.95. The van der Waals surface area contributed by atoms with Crippen LogP contribution in [0.1, 0.15) is 25.5 Å². The van der Waals surface area contributed by atoms with Gasteiger partial charge in [-0.2, -0.15) is 0 Å². The van der Waals surface area contributed by atoms with E-state index in [1.807, 2.05) is 43.3 Å². The molecule has 0 aliphatic heterocycles. The first-order chi connectivity index (χ1) is 10.1. The third kappa shape index (κ3) is 4.29. The maximum absolute atomic E-state index is 12.2. The minimum Gasteiger partial charge on any atom is -0.480 e. The molecule has 110 valence electrons. The number of nitrogens with one attached hydrogen (secondary N) is 1. The minimum absolute atomic E-state index is 0.114. The van der Waals surface area contributed by atoms with Gasteiger partial charge in [0.2, 0.25) is 0 Å². The molecule has 2 atom stereocenters. The summed E-state index contributed by atoms with van der Waals surface area (Å²) in [6, 6.07) is 11.1. The van der Waals surface area contributed by atoms with E-state index in [2.05, 4.69) is 26.2 Å². The Hall–Kier alpha value is -1.88. The van der Waals surface area contributed by atoms with E-state index >= 15 is 0 Å². The molecule has 5 heteroatoms. The van der Waals surface area contributed by atoms with Crippen molar-refractivity contribution in [2.75, 3.05) is 0 Å². The number of hydrogen-bond acceptors (Lipinski definition) is 3. The van der Waals surface area contributed by atoms with Crippen molar-refractivity contribution in [2.45, 2.75) is 26.0 Å². The van der Waals surface area contributed by atoms with E-state index in [4.69, 9.17) is 4.74 Å². The number of nitrogens with zero attached hydrogens (tertiary/aromatic N) is 1. The van der Waals surface area contributed by atoms with Crippen molar-refractivity contribution in [3.8, 4) is 5.75 Å². The van der Waals surface area contributed by atoms with E-state index in [0.29, 0.717) is 5.75 Å². The van der Waals surface area contributed by atoms with E-state index in [-0.39, 0.29) is 11.9 Å². The van der Waals surface area contributed by atoms with Crippen LogP contribution in [-0.2, 0) is 4.79 Å². The molecule has 0 unspecified atom stereocenters. The van der Waals surface area contributed by atoms with Gasteiger partial charge in [-0.1, -0.05) is 18.2 Å². The lowest BCUT2D eigenvalue weighted by Crippen LogP contribution is -2.37. The molecule has 2 rings (SSSR count). The highest BCUT2D eigenvalue weighted by atomic mass is 79.9. The van der Waals surface area contributed by atoms with Gasteiger partial charge in [-0.05, 0) is 53.5 Å². The van der Waals surface area contributed by atoms with Crippen molar-refractivity contribution in [3.63, 3.8) is 0 Å². The van der Waals surface area contributed by atoms with Crippen LogP contribution in [0.25, 0.3) is 0 Å². The Bertz CT molecular complexity index is 604. The molecule has 0 aliphatic carbocycles. The average molecular weight is 349 g/mol. The number of pyridine rings is 1. The number of benzene rings is 1. The monoisotopic (exact) mass is 348 g/mol. The molecule has 21 heavy (non-hydrogen) atoms. The summed E-state index contributed by atoms with van der Waals surface area (Å²) in [6.45, 7) is 3.64. The van der Waals surface area contributed by atoms with Crippen molar-refractivity contribution < 1.29 is 9.53 Å². The summed E-state index contributed by atoms with van der Waals surface area (Å²) in [5.41, 5.74) is 0.957. The minimum atomic E-state index is -0.581. The normalized spacial score (nSPS) is 13.3. The van der Waals surface area contributed by atoms with Crippen molar-refractivity contribution in [2.24, 2.45) is 0 Å². The number of carbonyl (C=O) groups excluding carboxylic acids is 1. The van der Waals surface area contributed by atoms with Gasteiger partial charge in [-0.3, -0.25) is 9.78 Å². The molecular weight excluding hydrogens is 332 g/mol. The molecule has 2 aromatic rings. The highest BCUT2D eigenvalue weighted by molar-refractivity contribution is 9.10. The quantitative estimate of drug-likeness (QED) is 0.899. The SMILES string of the molecule is C[C@H](Oc1ccccc1Br)C(=O)N[C@H](C)c1cccnc1. The zero-order valence-electron chi connectivity index (χ0n) is 11.9. The molecule has 4 nitrogen and oxygen atoms in total. The van der Waals surface area contributed by atoms with Gasteiger partial charge in [0.05, 0.1) is 10.5 Å². The van der Waals surface area contributed by atoms with Crippen LogP contribution < -0.4 is 10.1 Å². The fourth-order valence-corrected chi connectivity index (χ4v) is 2.21. The van der Waals surface area contributed by atoms with Crippen LogP contribution in [0.5, 0.6) is 5.75 Å². The van der Waals surface area contributed by atoms with Crippen LogP contribution in [0.15, 0.2) is 53.3 Å². The fraction of sp³-hybridized carbons (Fsp3) is 0.250. The number of aromatic nitrogens is 1.